The first-order chi connectivity index (χ1) is 13.2. The van der Waals surface area contributed by atoms with Crippen LogP contribution in [-0.4, -0.2) is 35.1 Å². The molecular formula is C22H26N4S. The van der Waals surface area contributed by atoms with E-state index in [4.69, 9.17) is 0 Å². The molecule has 4 aromatic rings. The molecule has 1 unspecified atom stereocenters. The second-order valence-corrected chi connectivity index (χ2v) is 8.01. The summed E-state index contributed by atoms with van der Waals surface area (Å²) in [6.45, 7) is 4.06. The van der Waals surface area contributed by atoms with Crippen molar-refractivity contribution in [2.45, 2.75) is 24.4 Å². The minimum atomic E-state index is 0.310. The summed E-state index contributed by atoms with van der Waals surface area (Å²) in [6.07, 6.45) is 4.30. The van der Waals surface area contributed by atoms with Crippen molar-refractivity contribution < 1.29 is 0 Å². The molecule has 27 heavy (non-hydrogen) atoms. The Morgan fingerprint density at radius 2 is 2.00 bits per heavy atom. The lowest BCUT2D eigenvalue weighted by molar-refractivity contribution is 0.302. The number of benzene rings is 2. The van der Waals surface area contributed by atoms with E-state index in [0.29, 0.717) is 6.04 Å². The van der Waals surface area contributed by atoms with Gasteiger partial charge in [0.05, 0.1) is 0 Å². The highest BCUT2D eigenvalue weighted by atomic mass is 32.2. The quantitative estimate of drug-likeness (QED) is 0.442. The Bertz CT molecular complexity index is 1050. The Balaban J connectivity index is 1.53. The third kappa shape index (κ3) is 3.63. The average molecular weight is 379 g/mol. The molecule has 4 nitrogen and oxygen atoms in total. The van der Waals surface area contributed by atoms with Gasteiger partial charge < -0.3 is 14.5 Å². The van der Waals surface area contributed by atoms with Crippen molar-refractivity contribution >= 4 is 33.8 Å². The fourth-order valence-electron chi connectivity index (χ4n) is 3.67. The average Bonchev–Trinajstić information content (AvgIpc) is 3.29. The molecule has 2 heterocycles. The number of para-hydroxylation sites is 1. The fourth-order valence-corrected chi connectivity index (χ4v) is 4.39. The molecule has 0 radical (unpaired) electrons. The zero-order valence-corrected chi connectivity index (χ0v) is 16.9. The van der Waals surface area contributed by atoms with E-state index in [1.165, 1.54) is 32.3 Å². The summed E-state index contributed by atoms with van der Waals surface area (Å²) in [5.74, 6) is 0. The molecule has 0 aliphatic carbocycles. The third-order valence-electron chi connectivity index (χ3n) is 5.14. The van der Waals surface area contributed by atoms with Gasteiger partial charge in [-0.2, -0.15) is 0 Å². The van der Waals surface area contributed by atoms with E-state index in [9.17, 15) is 0 Å². The van der Waals surface area contributed by atoms with Gasteiger partial charge in [-0.25, -0.2) is 0 Å². The SMILES string of the molecule is CCn1cc(C(CNSc2ccc3cc[nH]c3c2)N(C)C)c2ccccc21. The predicted molar refractivity (Wildman–Crippen MR) is 116 cm³/mol. The lowest BCUT2D eigenvalue weighted by Crippen LogP contribution is -2.28. The highest BCUT2D eigenvalue weighted by Crippen LogP contribution is 2.30. The molecule has 2 aromatic heterocycles. The van der Waals surface area contributed by atoms with Crippen molar-refractivity contribution in [1.29, 1.82) is 0 Å². The Morgan fingerprint density at radius 1 is 1.15 bits per heavy atom. The molecule has 140 valence electrons. The Morgan fingerprint density at radius 3 is 2.81 bits per heavy atom. The Labute approximate surface area is 164 Å². The van der Waals surface area contributed by atoms with Crippen molar-refractivity contribution in [3.05, 3.63) is 66.5 Å². The number of fused-ring (bicyclic) bond motifs is 2. The molecule has 4 rings (SSSR count). The van der Waals surface area contributed by atoms with Crippen LogP contribution in [0.5, 0.6) is 0 Å². The van der Waals surface area contributed by atoms with E-state index in [0.717, 1.165) is 13.1 Å². The second kappa shape index (κ2) is 7.80. The topological polar surface area (TPSA) is 36.0 Å². The van der Waals surface area contributed by atoms with Crippen LogP contribution in [-0.2, 0) is 6.54 Å². The van der Waals surface area contributed by atoms with Gasteiger partial charge in [0, 0.05) is 52.8 Å². The Hall–Kier alpha value is -2.21. The molecule has 0 saturated carbocycles. The first kappa shape index (κ1) is 18.2. The van der Waals surface area contributed by atoms with Gasteiger partial charge in [0.15, 0.2) is 0 Å². The molecular weight excluding hydrogens is 352 g/mol. The van der Waals surface area contributed by atoms with Crippen molar-refractivity contribution in [2.75, 3.05) is 20.6 Å². The number of hydrogen-bond donors (Lipinski definition) is 2. The van der Waals surface area contributed by atoms with Gasteiger partial charge in [-0.15, -0.1) is 0 Å². The number of aryl methyl sites for hydroxylation is 1. The maximum atomic E-state index is 3.58. The molecule has 5 heteroatoms. The monoisotopic (exact) mass is 378 g/mol. The van der Waals surface area contributed by atoms with Gasteiger partial charge in [-0.1, -0.05) is 24.3 Å². The highest BCUT2D eigenvalue weighted by molar-refractivity contribution is 7.97. The third-order valence-corrected chi connectivity index (χ3v) is 5.94. The van der Waals surface area contributed by atoms with E-state index < -0.39 is 0 Å². The second-order valence-electron chi connectivity index (χ2n) is 7.04. The van der Waals surface area contributed by atoms with Crippen LogP contribution in [0.1, 0.15) is 18.5 Å². The molecule has 0 amide bonds. The maximum absolute atomic E-state index is 3.58. The standard InChI is InChI=1S/C22H26N4S/c1-4-26-15-19(18-7-5-6-8-21(18)26)22(25(2)3)14-24-27-17-10-9-16-11-12-23-20(16)13-17/h5-13,15,22-24H,4,14H2,1-3H3. The molecule has 0 bridgehead atoms. The van der Waals surface area contributed by atoms with Crippen LogP contribution in [0.3, 0.4) is 0 Å². The molecule has 2 N–H and O–H groups in total. The molecule has 0 saturated heterocycles. The van der Waals surface area contributed by atoms with Gasteiger partial charge in [0.25, 0.3) is 0 Å². The van der Waals surface area contributed by atoms with Crippen LogP contribution in [0.15, 0.2) is 65.8 Å². The van der Waals surface area contributed by atoms with E-state index in [2.05, 4.69) is 94.9 Å². The zero-order valence-electron chi connectivity index (χ0n) is 16.1. The van der Waals surface area contributed by atoms with Gasteiger partial charge in [-0.3, -0.25) is 4.72 Å². The van der Waals surface area contributed by atoms with Gasteiger partial charge >= 0.3 is 0 Å². The first-order valence-corrected chi connectivity index (χ1v) is 10.2. The summed E-state index contributed by atoms with van der Waals surface area (Å²) in [6, 6.07) is 17.6. The minimum Gasteiger partial charge on any atom is -0.361 e. The van der Waals surface area contributed by atoms with E-state index in [1.807, 2.05) is 6.20 Å². The van der Waals surface area contributed by atoms with Crippen LogP contribution < -0.4 is 4.72 Å². The highest BCUT2D eigenvalue weighted by Gasteiger charge is 2.19. The summed E-state index contributed by atoms with van der Waals surface area (Å²) in [7, 11) is 4.31. The summed E-state index contributed by atoms with van der Waals surface area (Å²) < 4.78 is 5.92. The molecule has 1 atom stereocenters. The van der Waals surface area contributed by atoms with Crippen LogP contribution in [0.2, 0.25) is 0 Å². The summed E-state index contributed by atoms with van der Waals surface area (Å²) in [4.78, 5) is 6.80. The summed E-state index contributed by atoms with van der Waals surface area (Å²) in [5, 5.41) is 2.59. The number of H-pyrrole nitrogens is 1. The number of likely N-dealkylation sites (N-methyl/N-ethyl adjacent to an activating group) is 1. The van der Waals surface area contributed by atoms with Crippen molar-refractivity contribution in [2.24, 2.45) is 0 Å². The molecule has 0 aliphatic rings. The van der Waals surface area contributed by atoms with Gasteiger partial charge in [-0.05, 0) is 68.2 Å². The molecule has 0 fully saturated rings. The fraction of sp³-hybridized carbons (Fsp3) is 0.273. The van der Waals surface area contributed by atoms with Crippen LogP contribution in [0.25, 0.3) is 21.8 Å². The first-order valence-electron chi connectivity index (χ1n) is 9.38. The number of hydrogen-bond acceptors (Lipinski definition) is 3. The number of nitrogens with zero attached hydrogens (tertiary/aromatic N) is 2. The van der Waals surface area contributed by atoms with Crippen molar-refractivity contribution in [1.82, 2.24) is 19.2 Å². The molecule has 0 spiro atoms. The normalized spacial score (nSPS) is 13.0. The minimum absolute atomic E-state index is 0.310. The van der Waals surface area contributed by atoms with Crippen molar-refractivity contribution in [3.63, 3.8) is 0 Å². The summed E-state index contributed by atoms with van der Waals surface area (Å²) >= 11 is 1.69. The predicted octanol–water partition coefficient (Wildman–Crippen LogP) is 5.04. The summed E-state index contributed by atoms with van der Waals surface area (Å²) in [5.41, 5.74) is 3.87. The lowest BCUT2D eigenvalue weighted by atomic mass is 10.1. The van der Waals surface area contributed by atoms with E-state index in [-0.39, 0.29) is 0 Å². The van der Waals surface area contributed by atoms with E-state index >= 15 is 0 Å². The van der Waals surface area contributed by atoms with Gasteiger partial charge in [0.2, 0.25) is 0 Å². The van der Waals surface area contributed by atoms with Crippen LogP contribution in [0.4, 0.5) is 0 Å². The van der Waals surface area contributed by atoms with Crippen LogP contribution in [0, 0.1) is 0 Å². The van der Waals surface area contributed by atoms with Crippen LogP contribution >= 0.6 is 11.9 Å². The Kier molecular flexibility index (Phi) is 5.25. The number of aromatic amines is 1. The van der Waals surface area contributed by atoms with Crippen molar-refractivity contribution in [3.8, 4) is 0 Å². The molecule has 0 aliphatic heterocycles. The lowest BCUT2D eigenvalue weighted by Gasteiger charge is -2.24. The number of aromatic nitrogens is 2. The van der Waals surface area contributed by atoms with Gasteiger partial charge in [0.1, 0.15) is 0 Å². The largest absolute Gasteiger partial charge is 0.361 e. The maximum Gasteiger partial charge on any atom is 0.0497 e. The van der Waals surface area contributed by atoms with E-state index in [1.54, 1.807) is 11.9 Å². The molecule has 2 aromatic carbocycles. The number of rotatable bonds is 7. The smallest absolute Gasteiger partial charge is 0.0497 e. The zero-order chi connectivity index (χ0) is 18.8. The number of nitrogens with one attached hydrogen (secondary N) is 2.